The highest BCUT2D eigenvalue weighted by molar-refractivity contribution is 4.73. The third-order valence-electron chi connectivity index (χ3n) is 2.53. The first-order valence-electron chi connectivity index (χ1n) is 4.53. The fraction of sp³-hybridized carbons (Fsp3) is 1.00. The van der Waals surface area contributed by atoms with Gasteiger partial charge in [-0.3, -0.25) is 4.90 Å². The van der Waals surface area contributed by atoms with Crippen LogP contribution in [0.1, 0.15) is 6.92 Å². The molecule has 6 heteroatoms. The lowest BCUT2D eigenvalue weighted by molar-refractivity contribution is -0.255. The van der Waals surface area contributed by atoms with Gasteiger partial charge in [0.05, 0.1) is 0 Å². The smallest absolute Gasteiger partial charge is 0.367 e. The fourth-order valence-corrected chi connectivity index (χ4v) is 1.49. The van der Waals surface area contributed by atoms with Crippen molar-refractivity contribution in [1.82, 2.24) is 9.80 Å². The molecule has 1 atom stereocenters. The molecule has 3 nitrogen and oxygen atoms in total. The van der Waals surface area contributed by atoms with Crippen molar-refractivity contribution in [3.63, 3.8) is 0 Å². The van der Waals surface area contributed by atoms with Gasteiger partial charge in [0.1, 0.15) is 6.23 Å². The summed E-state index contributed by atoms with van der Waals surface area (Å²) in [5.41, 5.74) is 0. The molecule has 14 heavy (non-hydrogen) atoms. The van der Waals surface area contributed by atoms with Crippen LogP contribution < -0.4 is 0 Å². The highest BCUT2D eigenvalue weighted by Crippen LogP contribution is 2.22. The van der Waals surface area contributed by atoms with Crippen LogP contribution in [-0.2, 0) is 4.74 Å². The van der Waals surface area contributed by atoms with Gasteiger partial charge in [-0.25, -0.2) is 4.90 Å². The van der Waals surface area contributed by atoms with Gasteiger partial charge in [-0.1, -0.05) is 0 Å². The molecule has 0 bridgehead atoms. The molecule has 1 fully saturated rings. The summed E-state index contributed by atoms with van der Waals surface area (Å²) in [6.45, 7) is 2.68. The standard InChI is InChI=1S/C8H15F3N2O/c1-7(14-2)12-3-5-13(6-4-12)8(9,10)11/h7H,3-6H2,1-2H3. The third-order valence-corrected chi connectivity index (χ3v) is 2.53. The Labute approximate surface area is 81.4 Å². The summed E-state index contributed by atoms with van der Waals surface area (Å²) in [7, 11) is 1.56. The first kappa shape index (κ1) is 11.7. The molecular formula is C8H15F3N2O. The first-order chi connectivity index (χ1) is 6.45. The van der Waals surface area contributed by atoms with Gasteiger partial charge in [0, 0.05) is 33.3 Å². The zero-order valence-corrected chi connectivity index (χ0v) is 8.34. The van der Waals surface area contributed by atoms with E-state index in [9.17, 15) is 13.2 Å². The average Bonchev–Trinajstić information content (AvgIpc) is 2.15. The van der Waals surface area contributed by atoms with Crippen molar-refractivity contribution < 1.29 is 17.9 Å². The summed E-state index contributed by atoms with van der Waals surface area (Å²) in [6.07, 6.45) is -4.30. The topological polar surface area (TPSA) is 15.7 Å². The Morgan fingerprint density at radius 2 is 1.64 bits per heavy atom. The lowest BCUT2D eigenvalue weighted by atomic mass is 10.3. The summed E-state index contributed by atoms with van der Waals surface area (Å²) in [6, 6.07) is 0. The van der Waals surface area contributed by atoms with Gasteiger partial charge < -0.3 is 4.74 Å². The number of hydrogen-bond acceptors (Lipinski definition) is 3. The lowest BCUT2D eigenvalue weighted by Crippen LogP contribution is -2.54. The highest BCUT2D eigenvalue weighted by Gasteiger charge is 2.39. The van der Waals surface area contributed by atoms with Crippen molar-refractivity contribution in [2.24, 2.45) is 0 Å². The van der Waals surface area contributed by atoms with E-state index in [1.165, 1.54) is 0 Å². The van der Waals surface area contributed by atoms with Crippen LogP contribution in [0.5, 0.6) is 0 Å². The maximum atomic E-state index is 12.2. The van der Waals surface area contributed by atoms with E-state index in [-0.39, 0.29) is 19.3 Å². The summed E-state index contributed by atoms with van der Waals surface area (Å²) < 4.78 is 41.7. The molecule has 0 aromatic carbocycles. The van der Waals surface area contributed by atoms with Gasteiger partial charge >= 0.3 is 6.30 Å². The van der Waals surface area contributed by atoms with Crippen molar-refractivity contribution >= 4 is 0 Å². The molecule has 84 valence electrons. The second-order valence-corrected chi connectivity index (χ2v) is 3.33. The molecular weight excluding hydrogens is 197 g/mol. The molecule has 1 aliphatic heterocycles. The van der Waals surface area contributed by atoms with Crippen molar-refractivity contribution in [3.05, 3.63) is 0 Å². The minimum absolute atomic E-state index is 0.0250. The number of nitrogens with zero attached hydrogens (tertiary/aromatic N) is 2. The Morgan fingerprint density at radius 1 is 1.14 bits per heavy atom. The van der Waals surface area contributed by atoms with E-state index in [1.807, 2.05) is 11.8 Å². The summed E-state index contributed by atoms with van der Waals surface area (Å²) in [5, 5.41) is 0. The van der Waals surface area contributed by atoms with Crippen molar-refractivity contribution in [1.29, 1.82) is 0 Å². The Morgan fingerprint density at radius 3 is 2.00 bits per heavy atom. The summed E-state index contributed by atoms with van der Waals surface area (Å²) in [4.78, 5) is 2.42. The molecule has 0 aromatic rings. The van der Waals surface area contributed by atoms with Gasteiger partial charge in [0.25, 0.3) is 0 Å². The molecule has 0 aliphatic carbocycles. The number of piperazine rings is 1. The number of halogens is 3. The van der Waals surface area contributed by atoms with Crippen LogP contribution in [0, 0.1) is 0 Å². The maximum Gasteiger partial charge on any atom is 0.460 e. The summed E-state index contributed by atoms with van der Waals surface area (Å²) in [5.74, 6) is 0. The Hall–Kier alpha value is -0.330. The monoisotopic (exact) mass is 212 g/mol. The van der Waals surface area contributed by atoms with E-state index in [1.54, 1.807) is 7.11 Å². The molecule has 0 amide bonds. The maximum absolute atomic E-state index is 12.2. The Kier molecular flexibility index (Phi) is 3.74. The molecule has 1 aliphatic rings. The number of ether oxygens (including phenoxy) is 1. The van der Waals surface area contributed by atoms with E-state index in [2.05, 4.69) is 0 Å². The second kappa shape index (κ2) is 4.46. The van der Waals surface area contributed by atoms with Gasteiger partial charge in [0.15, 0.2) is 0 Å². The fourth-order valence-electron chi connectivity index (χ4n) is 1.49. The molecule has 0 spiro atoms. The number of hydrogen-bond donors (Lipinski definition) is 0. The van der Waals surface area contributed by atoms with Crippen LogP contribution >= 0.6 is 0 Å². The molecule has 0 saturated carbocycles. The number of rotatable bonds is 2. The van der Waals surface area contributed by atoms with E-state index in [0.717, 1.165) is 0 Å². The minimum Gasteiger partial charge on any atom is -0.367 e. The zero-order chi connectivity index (χ0) is 10.8. The lowest BCUT2D eigenvalue weighted by Gasteiger charge is -2.37. The van der Waals surface area contributed by atoms with Crippen molar-refractivity contribution in [2.75, 3.05) is 33.3 Å². The van der Waals surface area contributed by atoms with Crippen molar-refractivity contribution in [2.45, 2.75) is 19.5 Å². The largest absolute Gasteiger partial charge is 0.460 e. The number of methoxy groups -OCH3 is 1. The quantitative estimate of drug-likeness (QED) is 0.638. The normalized spacial score (nSPS) is 23.8. The SMILES string of the molecule is COC(C)N1CCN(C(F)(F)F)CC1. The van der Waals surface area contributed by atoms with E-state index in [0.29, 0.717) is 18.0 Å². The molecule has 1 saturated heterocycles. The van der Waals surface area contributed by atoms with Crippen molar-refractivity contribution in [3.8, 4) is 0 Å². The Balaban J connectivity index is 2.39. The van der Waals surface area contributed by atoms with Crippen LogP contribution in [0.15, 0.2) is 0 Å². The average molecular weight is 212 g/mol. The zero-order valence-electron chi connectivity index (χ0n) is 8.34. The molecule has 1 unspecified atom stereocenters. The summed E-state index contributed by atoms with van der Waals surface area (Å²) >= 11 is 0. The molecule has 1 heterocycles. The second-order valence-electron chi connectivity index (χ2n) is 3.33. The van der Waals surface area contributed by atoms with Crippen LogP contribution in [0.2, 0.25) is 0 Å². The van der Waals surface area contributed by atoms with Crippen LogP contribution in [0.25, 0.3) is 0 Å². The van der Waals surface area contributed by atoms with E-state index in [4.69, 9.17) is 4.74 Å². The minimum atomic E-state index is -4.19. The molecule has 0 N–H and O–H groups in total. The van der Waals surface area contributed by atoms with E-state index >= 15 is 0 Å². The van der Waals surface area contributed by atoms with Crippen LogP contribution in [0.3, 0.4) is 0 Å². The van der Waals surface area contributed by atoms with E-state index < -0.39 is 6.30 Å². The first-order valence-corrected chi connectivity index (χ1v) is 4.53. The van der Waals surface area contributed by atoms with Gasteiger partial charge in [-0.15, -0.1) is 0 Å². The van der Waals surface area contributed by atoms with Crippen LogP contribution in [0.4, 0.5) is 13.2 Å². The molecule has 0 aromatic heterocycles. The molecule has 0 radical (unpaired) electrons. The predicted molar refractivity (Wildman–Crippen MR) is 45.7 cm³/mol. The Bertz CT molecular complexity index is 178. The van der Waals surface area contributed by atoms with Gasteiger partial charge in [0.2, 0.25) is 0 Å². The molecule has 1 rings (SSSR count). The van der Waals surface area contributed by atoms with Gasteiger partial charge in [-0.05, 0) is 6.92 Å². The van der Waals surface area contributed by atoms with Gasteiger partial charge in [-0.2, -0.15) is 13.2 Å². The predicted octanol–water partition coefficient (Wildman–Crippen LogP) is 1.12. The third kappa shape index (κ3) is 2.83. The van der Waals surface area contributed by atoms with Crippen LogP contribution in [-0.4, -0.2) is 55.6 Å². The number of alkyl halides is 3. The highest BCUT2D eigenvalue weighted by atomic mass is 19.4.